The van der Waals surface area contributed by atoms with Gasteiger partial charge in [-0.3, -0.25) is 20.2 Å². The number of carbonyl (C=O) groups excluding carboxylic acids is 1. The minimum absolute atomic E-state index is 0.0529. The van der Waals surface area contributed by atoms with E-state index in [0.717, 1.165) is 18.2 Å². The Morgan fingerprint density at radius 2 is 1.79 bits per heavy atom. The number of nitrogens with zero attached hydrogens (tertiary/aromatic N) is 2. The number of aromatic hydroxyl groups is 1. The molecule has 0 spiro atoms. The molecule has 0 unspecified atom stereocenters. The fourth-order valence-electron chi connectivity index (χ4n) is 1.78. The molecule has 0 saturated heterocycles. The molecule has 0 radical (unpaired) electrons. The van der Waals surface area contributed by atoms with Gasteiger partial charge < -0.3 is 9.84 Å². The predicted octanol–water partition coefficient (Wildman–Crippen LogP) is 2.83. The fourth-order valence-corrected chi connectivity index (χ4v) is 1.78. The molecule has 0 atom stereocenters. The third kappa shape index (κ3) is 3.91. The smallest absolute Gasteiger partial charge is 0.336 e. The summed E-state index contributed by atoms with van der Waals surface area (Å²) in [7, 11) is 0. The van der Waals surface area contributed by atoms with Gasteiger partial charge in [0.05, 0.1) is 15.9 Å². The van der Waals surface area contributed by atoms with Gasteiger partial charge in [0, 0.05) is 17.7 Å². The van der Waals surface area contributed by atoms with Crippen molar-refractivity contribution in [2.45, 2.75) is 0 Å². The number of benzene rings is 2. The first-order valence-electron chi connectivity index (χ1n) is 6.49. The van der Waals surface area contributed by atoms with E-state index in [4.69, 9.17) is 4.74 Å². The van der Waals surface area contributed by atoms with Crippen LogP contribution < -0.4 is 4.74 Å². The number of hydrogen-bond donors (Lipinski definition) is 1. The number of nitro groups is 2. The molecular weight excluding hydrogens is 320 g/mol. The van der Waals surface area contributed by atoms with Gasteiger partial charge in [-0.15, -0.1) is 0 Å². The minimum Gasteiger partial charge on any atom is -0.507 e. The lowest BCUT2D eigenvalue weighted by Crippen LogP contribution is -2.06. The molecule has 2 aromatic carbocycles. The SMILES string of the molecule is O=C(/C=C/c1ccccc1O)Oc1ccc([N+](=O)[O-])cc1[N+](=O)[O-]. The minimum atomic E-state index is -0.935. The van der Waals surface area contributed by atoms with E-state index in [2.05, 4.69) is 0 Å². The van der Waals surface area contributed by atoms with Gasteiger partial charge in [-0.2, -0.15) is 0 Å². The third-order valence-electron chi connectivity index (χ3n) is 2.90. The van der Waals surface area contributed by atoms with Crippen LogP contribution in [0.5, 0.6) is 11.5 Å². The van der Waals surface area contributed by atoms with E-state index >= 15 is 0 Å². The summed E-state index contributed by atoms with van der Waals surface area (Å²) < 4.78 is 4.83. The van der Waals surface area contributed by atoms with Crippen molar-refractivity contribution < 1.29 is 24.5 Å². The summed E-state index contributed by atoms with van der Waals surface area (Å²) in [6.07, 6.45) is 2.25. The summed E-state index contributed by atoms with van der Waals surface area (Å²) in [6.45, 7) is 0. The van der Waals surface area contributed by atoms with Crippen LogP contribution in [0.1, 0.15) is 5.56 Å². The lowest BCUT2D eigenvalue weighted by molar-refractivity contribution is -0.394. The number of carbonyl (C=O) groups is 1. The Kier molecular flexibility index (Phi) is 4.85. The van der Waals surface area contributed by atoms with E-state index in [9.17, 15) is 30.1 Å². The van der Waals surface area contributed by atoms with Crippen LogP contribution in [0.15, 0.2) is 48.5 Å². The number of para-hydroxylation sites is 1. The van der Waals surface area contributed by atoms with E-state index in [1.807, 2.05) is 0 Å². The number of hydrogen-bond acceptors (Lipinski definition) is 7. The molecule has 0 aliphatic heterocycles. The maximum atomic E-state index is 11.7. The molecule has 9 nitrogen and oxygen atoms in total. The standard InChI is InChI=1S/C15H10N2O7/c18-13-4-2-1-3-10(13)5-8-15(19)24-14-7-6-11(16(20)21)9-12(14)17(22)23/h1-9,18H/b8-5+. The highest BCUT2D eigenvalue weighted by atomic mass is 16.6. The zero-order valence-corrected chi connectivity index (χ0v) is 12.0. The Bertz CT molecular complexity index is 845. The highest BCUT2D eigenvalue weighted by Gasteiger charge is 2.22. The summed E-state index contributed by atoms with van der Waals surface area (Å²) in [5.74, 6) is -1.41. The van der Waals surface area contributed by atoms with Crippen molar-refractivity contribution in [3.63, 3.8) is 0 Å². The quantitative estimate of drug-likeness (QED) is 0.293. The summed E-state index contributed by atoms with van der Waals surface area (Å²) >= 11 is 0. The number of phenolic OH excluding ortho intramolecular Hbond substituents is 1. The van der Waals surface area contributed by atoms with Crippen LogP contribution in [0.3, 0.4) is 0 Å². The average Bonchev–Trinajstić information content (AvgIpc) is 2.54. The second-order valence-corrected chi connectivity index (χ2v) is 4.48. The van der Waals surface area contributed by atoms with Crippen LogP contribution in [0, 0.1) is 20.2 Å². The van der Waals surface area contributed by atoms with E-state index in [0.29, 0.717) is 11.6 Å². The molecule has 0 aromatic heterocycles. The van der Waals surface area contributed by atoms with Crippen LogP contribution in [0.4, 0.5) is 11.4 Å². The molecule has 9 heteroatoms. The largest absolute Gasteiger partial charge is 0.507 e. The van der Waals surface area contributed by atoms with Crippen molar-refractivity contribution in [3.8, 4) is 11.5 Å². The summed E-state index contributed by atoms with van der Waals surface area (Å²) in [4.78, 5) is 31.6. The Hall–Kier alpha value is -3.75. The monoisotopic (exact) mass is 330 g/mol. The molecule has 0 heterocycles. The lowest BCUT2D eigenvalue weighted by Gasteiger charge is -2.02. The van der Waals surface area contributed by atoms with Gasteiger partial charge in [0.15, 0.2) is 0 Å². The van der Waals surface area contributed by atoms with E-state index in [-0.39, 0.29) is 5.75 Å². The normalized spacial score (nSPS) is 10.5. The molecule has 0 bridgehead atoms. The number of nitro benzene ring substituents is 2. The van der Waals surface area contributed by atoms with Crippen LogP contribution in [0.25, 0.3) is 6.08 Å². The maximum absolute atomic E-state index is 11.7. The van der Waals surface area contributed by atoms with Gasteiger partial charge in [0.25, 0.3) is 5.69 Å². The number of rotatable bonds is 5. The number of ether oxygens (including phenoxy) is 1. The average molecular weight is 330 g/mol. The number of esters is 1. The highest BCUT2D eigenvalue weighted by Crippen LogP contribution is 2.31. The molecule has 2 rings (SSSR count). The molecule has 24 heavy (non-hydrogen) atoms. The molecule has 1 N–H and O–H groups in total. The lowest BCUT2D eigenvalue weighted by atomic mass is 10.2. The molecule has 0 amide bonds. The van der Waals surface area contributed by atoms with Crippen LogP contribution >= 0.6 is 0 Å². The second-order valence-electron chi connectivity index (χ2n) is 4.48. The first kappa shape index (κ1) is 16.6. The van der Waals surface area contributed by atoms with Gasteiger partial charge in [-0.25, -0.2) is 4.79 Å². The Labute approximate surface area is 134 Å². The molecule has 122 valence electrons. The number of phenols is 1. The van der Waals surface area contributed by atoms with Crippen LogP contribution in [-0.2, 0) is 4.79 Å². The molecule has 0 fully saturated rings. The first-order chi connectivity index (χ1) is 11.4. The van der Waals surface area contributed by atoms with E-state index < -0.39 is 32.9 Å². The Morgan fingerprint density at radius 3 is 2.42 bits per heavy atom. The van der Waals surface area contributed by atoms with E-state index in [1.54, 1.807) is 18.2 Å². The second kappa shape index (κ2) is 7.01. The zero-order valence-electron chi connectivity index (χ0n) is 12.0. The molecular formula is C15H10N2O7. The van der Waals surface area contributed by atoms with Crippen molar-refractivity contribution in [1.29, 1.82) is 0 Å². The number of non-ortho nitro benzene ring substituents is 1. The summed E-state index contributed by atoms with van der Waals surface area (Å²) in [6, 6.07) is 8.89. The van der Waals surface area contributed by atoms with Crippen molar-refractivity contribution >= 4 is 23.4 Å². The molecule has 2 aromatic rings. The molecule has 0 aliphatic carbocycles. The third-order valence-corrected chi connectivity index (χ3v) is 2.90. The van der Waals surface area contributed by atoms with Gasteiger partial charge >= 0.3 is 11.7 Å². The summed E-state index contributed by atoms with van der Waals surface area (Å²) in [5.41, 5.74) is -0.840. The van der Waals surface area contributed by atoms with Gasteiger partial charge in [0.1, 0.15) is 5.75 Å². The van der Waals surface area contributed by atoms with Crippen molar-refractivity contribution in [2.24, 2.45) is 0 Å². The molecule has 0 saturated carbocycles. The van der Waals surface area contributed by atoms with Crippen LogP contribution in [-0.4, -0.2) is 20.9 Å². The Balaban J connectivity index is 2.21. The molecule has 0 aliphatic rings. The van der Waals surface area contributed by atoms with Gasteiger partial charge in [-0.1, -0.05) is 18.2 Å². The summed E-state index contributed by atoms with van der Waals surface area (Å²) in [5, 5.41) is 31.1. The van der Waals surface area contributed by atoms with Crippen molar-refractivity contribution in [2.75, 3.05) is 0 Å². The highest BCUT2D eigenvalue weighted by molar-refractivity contribution is 5.89. The predicted molar refractivity (Wildman–Crippen MR) is 82.5 cm³/mol. The van der Waals surface area contributed by atoms with E-state index in [1.165, 1.54) is 12.1 Å². The van der Waals surface area contributed by atoms with Gasteiger partial charge in [-0.05, 0) is 18.2 Å². The maximum Gasteiger partial charge on any atom is 0.336 e. The Morgan fingerprint density at radius 1 is 1.08 bits per heavy atom. The zero-order chi connectivity index (χ0) is 17.7. The van der Waals surface area contributed by atoms with Crippen molar-refractivity contribution in [1.82, 2.24) is 0 Å². The van der Waals surface area contributed by atoms with Crippen molar-refractivity contribution in [3.05, 3.63) is 74.3 Å². The van der Waals surface area contributed by atoms with Gasteiger partial charge in [0.2, 0.25) is 5.75 Å². The fraction of sp³-hybridized carbons (Fsp3) is 0. The topological polar surface area (TPSA) is 133 Å². The van der Waals surface area contributed by atoms with Crippen LogP contribution in [0.2, 0.25) is 0 Å². The first-order valence-corrected chi connectivity index (χ1v) is 6.49.